The van der Waals surface area contributed by atoms with E-state index in [1.807, 2.05) is 61.5 Å². The number of fused-ring (bicyclic) bond motifs is 2. The molecular formula is C36H34N3O6S2+. The Morgan fingerprint density at radius 1 is 0.745 bits per heavy atom. The van der Waals surface area contributed by atoms with E-state index in [4.69, 9.17) is 4.42 Å². The van der Waals surface area contributed by atoms with E-state index in [-0.39, 0.29) is 4.90 Å². The van der Waals surface area contributed by atoms with Crippen LogP contribution in [0.5, 0.6) is 0 Å². The lowest BCUT2D eigenvalue weighted by molar-refractivity contribution is 0.483. The fraction of sp³-hybridized carbons (Fsp3) is 0.139. The van der Waals surface area contributed by atoms with Crippen LogP contribution in [0.1, 0.15) is 18.1 Å². The summed E-state index contributed by atoms with van der Waals surface area (Å²) in [6, 6.07) is 31.0. The molecule has 0 aliphatic carbocycles. The maximum atomic E-state index is 12.5. The Bertz CT molecular complexity index is 2390. The van der Waals surface area contributed by atoms with Crippen LogP contribution in [0.4, 0.5) is 28.4 Å². The molecule has 1 aromatic heterocycles. The second-order valence-electron chi connectivity index (χ2n) is 11.4. The van der Waals surface area contributed by atoms with Gasteiger partial charge in [0.05, 0.1) is 40.5 Å². The maximum absolute atomic E-state index is 12.5. The molecule has 5 aromatic carbocycles. The first kappa shape index (κ1) is 32.0. The van der Waals surface area contributed by atoms with Gasteiger partial charge in [0.1, 0.15) is 4.90 Å². The highest BCUT2D eigenvalue weighted by atomic mass is 32.2. The molecule has 0 amide bonds. The SMILES string of the molecule is CCN(c1ccc2c(-c3ccccc3S(=O)(=O)O)c3ccc(Nc4cc(NS(C)(=O)=O)ccc4C)cc3[o+]c2c1)c1ccccc1C. The Morgan fingerprint density at radius 2 is 1.40 bits per heavy atom. The molecule has 0 aliphatic rings. The number of benzene rings is 5. The predicted molar refractivity (Wildman–Crippen MR) is 190 cm³/mol. The minimum absolute atomic E-state index is 0.207. The van der Waals surface area contributed by atoms with Gasteiger partial charge in [-0.1, -0.05) is 42.5 Å². The third kappa shape index (κ3) is 6.64. The zero-order valence-corrected chi connectivity index (χ0v) is 27.9. The number of aryl methyl sites for hydroxylation is 2. The summed E-state index contributed by atoms with van der Waals surface area (Å²) in [7, 11) is -8.02. The summed E-state index contributed by atoms with van der Waals surface area (Å²) in [5.41, 5.74) is 7.68. The number of anilines is 5. The van der Waals surface area contributed by atoms with Crippen LogP contribution in [-0.4, -0.2) is 34.2 Å². The number of sulfonamides is 1. The summed E-state index contributed by atoms with van der Waals surface area (Å²) in [6.07, 6.45) is 1.10. The smallest absolute Gasteiger partial charge is 0.355 e. The molecule has 3 N–H and O–H groups in total. The first-order valence-corrected chi connectivity index (χ1v) is 18.2. The molecule has 0 spiro atoms. The van der Waals surface area contributed by atoms with Crippen LogP contribution in [-0.2, 0) is 20.1 Å². The van der Waals surface area contributed by atoms with Crippen LogP contribution in [0.25, 0.3) is 33.1 Å². The van der Waals surface area contributed by atoms with Crippen molar-refractivity contribution >= 4 is 70.5 Å². The summed E-state index contributed by atoms with van der Waals surface area (Å²) >= 11 is 0. The average molecular weight is 669 g/mol. The number of nitrogens with one attached hydrogen (secondary N) is 2. The van der Waals surface area contributed by atoms with Gasteiger partial charge >= 0.3 is 11.2 Å². The Kier molecular flexibility index (Phi) is 8.39. The van der Waals surface area contributed by atoms with Crippen molar-refractivity contribution in [3.05, 3.63) is 114 Å². The number of rotatable bonds is 9. The number of hydrogen-bond acceptors (Lipinski definition) is 6. The summed E-state index contributed by atoms with van der Waals surface area (Å²) in [5.74, 6) is 0. The highest BCUT2D eigenvalue weighted by molar-refractivity contribution is 7.92. The van der Waals surface area contributed by atoms with Gasteiger partial charge in [-0.25, -0.2) is 12.8 Å². The van der Waals surface area contributed by atoms with Gasteiger partial charge in [0.2, 0.25) is 10.0 Å². The quantitative estimate of drug-likeness (QED) is 0.0794. The normalized spacial score (nSPS) is 11.9. The minimum atomic E-state index is -4.56. The summed E-state index contributed by atoms with van der Waals surface area (Å²) in [6.45, 7) is 6.74. The molecule has 0 radical (unpaired) electrons. The van der Waals surface area contributed by atoms with Crippen LogP contribution in [0.3, 0.4) is 0 Å². The molecular weight excluding hydrogens is 635 g/mol. The number of nitrogens with zero attached hydrogens (tertiary/aromatic N) is 1. The summed E-state index contributed by atoms with van der Waals surface area (Å²) in [4.78, 5) is 1.97. The molecule has 6 rings (SSSR count). The van der Waals surface area contributed by atoms with E-state index in [0.717, 1.165) is 28.8 Å². The minimum Gasteiger partial charge on any atom is -0.355 e. The largest absolute Gasteiger partial charge is 0.363 e. The second-order valence-corrected chi connectivity index (χ2v) is 14.5. The molecule has 47 heavy (non-hydrogen) atoms. The number of hydrogen-bond donors (Lipinski definition) is 3. The predicted octanol–water partition coefficient (Wildman–Crippen LogP) is 8.67. The molecule has 9 nitrogen and oxygen atoms in total. The van der Waals surface area contributed by atoms with Crippen molar-refractivity contribution < 1.29 is 25.8 Å². The van der Waals surface area contributed by atoms with Gasteiger partial charge in [0, 0.05) is 34.7 Å². The monoisotopic (exact) mass is 668 g/mol. The van der Waals surface area contributed by atoms with Crippen LogP contribution < -0.4 is 14.9 Å². The van der Waals surface area contributed by atoms with E-state index < -0.39 is 20.1 Å². The van der Waals surface area contributed by atoms with E-state index >= 15 is 0 Å². The highest BCUT2D eigenvalue weighted by Crippen LogP contribution is 2.42. The average Bonchev–Trinajstić information content (AvgIpc) is 3.01. The van der Waals surface area contributed by atoms with Crippen LogP contribution in [0.15, 0.2) is 112 Å². The van der Waals surface area contributed by atoms with E-state index in [2.05, 4.69) is 40.9 Å². The molecule has 0 saturated heterocycles. The van der Waals surface area contributed by atoms with Gasteiger partial charge < -0.3 is 10.2 Å². The van der Waals surface area contributed by atoms with Gasteiger partial charge in [-0.3, -0.25) is 9.27 Å². The van der Waals surface area contributed by atoms with Crippen LogP contribution in [0, 0.1) is 13.8 Å². The van der Waals surface area contributed by atoms with E-state index in [1.165, 1.54) is 6.07 Å². The van der Waals surface area contributed by atoms with Gasteiger partial charge in [-0.15, -0.1) is 0 Å². The van der Waals surface area contributed by atoms with Gasteiger partial charge in [-0.05, 0) is 80.4 Å². The third-order valence-electron chi connectivity index (χ3n) is 7.99. The third-order valence-corrected chi connectivity index (χ3v) is 9.51. The molecule has 0 saturated carbocycles. The Labute approximate surface area is 274 Å². The highest BCUT2D eigenvalue weighted by Gasteiger charge is 2.26. The standard InChI is InChI=1S/C36H33N3O6S2/c1-5-39(32-12-8-6-10-24(32)3)27-17-19-29-34(22-27)45-33-21-25(37-31-20-26(15-14-23(31)2)38-46(4,40)41)16-18-28(33)36(29)30-11-7-9-13-35(30)47(42,43)44/h6-22,37-38H,5H2,1-4H3/p+1. The topological polar surface area (TPSA) is 127 Å². The molecule has 240 valence electrons. The first-order chi connectivity index (χ1) is 22.3. The Balaban J connectivity index is 1.56. The summed E-state index contributed by atoms with van der Waals surface area (Å²) in [5, 5.41) is 4.68. The molecule has 0 unspecified atom stereocenters. The van der Waals surface area contributed by atoms with Crippen molar-refractivity contribution in [1.82, 2.24) is 0 Å². The maximum Gasteiger partial charge on any atom is 0.363 e. The fourth-order valence-electron chi connectivity index (χ4n) is 5.86. The van der Waals surface area contributed by atoms with Crippen LogP contribution >= 0.6 is 0 Å². The number of para-hydroxylation sites is 1. The van der Waals surface area contributed by atoms with Crippen molar-refractivity contribution in [3.8, 4) is 11.1 Å². The zero-order valence-electron chi connectivity index (χ0n) is 26.3. The van der Waals surface area contributed by atoms with Crippen molar-refractivity contribution in [1.29, 1.82) is 0 Å². The molecule has 0 aliphatic heterocycles. The van der Waals surface area contributed by atoms with Crippen LogP contribution in [0.2, 0.25) is 0 Å². The lowest BCUT2D eigenvalue weighted by Crippen LogP contribution is -2.16. The van der Waals surface area contributed by atoms with Gasteiger partial charge in [0.15, 0.2) is 0 Å². The molecule has 11 heteroatoms. The van der Waals surface area contributed by atoms with Gasteiger partial charge in [0.25, 0.3) is 10.1 Å². The second kappa shape index (κ2) is 12.3. The molecule has 6 aromatic rings. The molecule has 0 atom stereocenters. The zero-order chi connectivity index (χ0) is 33.5. The van der Waals surface area contributed by atoms with E-state index in [0.29, 0.717) is 56.7 Å². The molecule has 0 bridgehead atoms. The molecule has 0 fully saturated rings. The molecule has 1 heterocycles. The Hall–Kier alpha value is -4.97. The lowest BCUT2D eigenvalue weighted by atomic mass is 9.96. The fourth-order valence-corrected chi connectivity index (χ4v) is 7.11. The van der Waals surface area contributed by atoms with E-state index in [9.17, 15) is 21.4 Å². The van der Waals surface area contributed by atoms with E-state index in [1.54, 1.807) is 30.3 Å². The lowest BCUT2D eigenvalue weighted by Gasteiger charge is -2.24. The first-order valence-electron chi connectivity index (χ1n) is 14.9. The van der Waals surface area contributed by atoms with Crippen molar-refractivity contribution in [2.45, 2.75) is 25.7 Å². The van der Waals surface area contributed by atoms with Crippen molar-refractivity contribution in [2.24, 2.45) is 0 Å². The van der Waals surface area contributed by atoms with Crippen molar-refractivity contribution in [2.75, 3.05) is 27.7 Å². The van der Waals surface area contributed by atoms with Gasteiger partial charge in [-0.2, -0.15) is 8.42 Å². The Morgan fingerprint density at radius 3 is 2.11 bits per heavy atom. The summed E-state index contributed by atoms with van der Waals surface area (Å²) < 4.78 is 68.0. The van der Waals surface area contributed by atoms with Crippen molar-refractivity contribution in [3.63, 3.8) is 0 Å².